The zero-order chi connectivity index (χ0) is 23.7. The summed E-state index contributed by atoms with van der Waals surface area (Å²) in [5.74, 6) is 3.52. The van der Waals surface area contributed by atoms with E-state index in [-0.39, 0.29) is 11.5 Å². The lowest BCUT2D eigenvalue weighted by molar-refractivity contribution is -0.244. The third-order valence-corrected chi connectivity index (χ3v) is 12.8. The molecule has 0 aromatic rings. The van der Waals surface area contributed by atoms with Gasteiger partial charge in [-0.2, -0.15) is 0 Å². The van der Waals surface area contributed by atoms with Crippen molar-refractivity contribution in [3.05, 3.63) is 12.2 Å². The van der Waals surface area contributed by atoms with Crippen LogP contribution in [0.4, 0.5) is 0 Å². The van der Waals surface area contributed by atoms with Crippen LogP contribution in [0.15, 0.2) is 12.2 Å². The summed E-state index contributed by atoms with van der Waals surface area (Å²) in [6.45, 7) is 23.0. The fourth-order valence-corrected chi connectivity index (χ4v) is 10.9. The number of fused-ring (bicyclic) bond motifs is 7. The van der Waals surface area contributed by atoms with Crippen LogP contribution >= 0.6 is 0 Å². The van der Waals surface area contributed by atoms with Gasteiger partial charge in [0.1, 0.15) is 0 Å². The van der Waals surface area contributed by atoms with Crippen molar-refractivity contribution in [3.8, 4) is 0 Å². The summed E-state index contributed by atoms with van der Waals surface area (Å²) >= 11 is 0. The fourth-order valence-electron chi connectivity index (χ4n) is 10.9. The predicted octanol–water partition coefficient (Wildman–Crippen LogP) is 8.81. The Kier molecular flexibility index (Phi) is 6.09. The Hall–Kier alpha value is -0.300. The molecular formula is C31H54O. The van der Waals surface area contributed by atoms with Crippen molar-refractivity contribution < 1.29 is 5.11 Å². The monoisotopic (exact) mass is 442 g/mol. The highest BCUT2D eigenvalue weighted by molar-refractivity contribution is 5.18. The molecule has 0 bridgehead atoms. The van der Waals surface area contributed by atoms with Gasteiger partial charge in [0.25, 0.3) is 0 Å². The highest BCUT2D eigenvalue weighted by Gasteiger charge is 2.69. The first-order valence-electron chi connectivity index (χ1n) is 14.0. The molecule has 0 amide bonds. The van der Waals surface area contributed by atoms with Gasteiger partial charge in [-0.25, -0.2) is 0 Å². The molecule has 1 N–H and O–H groups in total. The Morgan fingerprint density at radius 3 is 2.00 bits per heavy atom. The molecule has 9 atom stereocenters. The summed E-state index contributed by atoms with van der Waals surface area (Å²) in [5, 5.41) is 10.8. The maximum atomic E-state index is 10.8. The standard InChI is InChI=1S/C27H46O.C4H8/c1-23(2)20-11-15-27(6)21(25(20,4)14-12-22(23)28)10-9-19-18-8-7-13-24(18,3)16-17-26(19,27)5;1-4(2)3/h18-22,28H,7-17H2,1-6H3;1H2,2-3H3/t18?,19?,20?,21?,22?,24?,25?,26-,27?;/m1./s1. The maximum Gasteiger partial charge on any atom is 0.0594 e. The maximum absolute atomic E-state index is 10.8. The molecule has 184 valence electrons. The molecule has 5 fully saturated rings. The predicted molar refractivity (Wildman–Crippen MR) is 137 cm³/mol. The Bertz CT molecular complexity index is 733. The Morgan fingerprint density at radius 2 is 1.34 bits per heavy atom. The summed E-state index contributed by atoms with van der Waals surface area (Å²) in [4.78, 5) is 0. The van der Waals surface area contributed by atoms with Gasteiger partial charge in [-0.1, -0.05) is 53.5 Å². The number of aliphatic hydroxyl groups is 1. The molecule has 0 heterocycles. The zero-order valence-electron chi connectivity index (χ0n) is 22.8. The van der Waals surface area contributed by atoms with Crippen molar-refractivity contribution in [2.75, 3.05) is 0 Å². The molecule has 5 aliphatic carbocycles. The average molecular weight is 443 g/mol. The van der Waals surface area contributed by atoms with Crippen LogP contribution in [0.3, 0.4) is 0 Å². The lowest BCUT2D eigenvalue weighted by Gasteiger charge is -2.72. The van der Waals surface area contributed by atoms with E-state index in [2.05, 4.69) is 48.1 Å². The van der Waals surface area contributed by atoms with Crippen LogP contribution in [-0.4, -0.2) is 11.2 Å². The zero-order valence-corrected chi connectivity index (χ0v) is 22.8. The van der Waals surface area contributed by atoms with Gasteiger partial charge in [0.05, 0.1) is 6.10 Å². The quantitative estimate of drug-likeness (QED) is 0.371. The van der Waals surface area contributed by atoms with Crippen molar-refractivity contribution >= 4 is 0 Å². The van der Waals surface area contributed by atoms with E-state index < -0.39 is 0 Å². The molecule has 1 heteroatoms. The molecule has 0 spiro atoms. The third-order valence-electron chi connectivity index (χ3n) is 12.8. The SMILES string of the molecule is C=C(C)C.CC12CCCC1C1CCC3C4(C)CCC(O)C(C)(C)C4CCC3(C)[C@]1(C)CC2. The highest BCUT2D eigenvalue weighted by Crippen LogP contribution is 2.76. The minimum Gasteiger partial charge on any atom is -0.393 e. The molecule has 0 aliphatic heterocycles. The highest BCUT2D eigenvalue weighted by atomic mass is 16.3. The minimum absolute atomic E-state index is 0.0860. The first-order valence-corrected chi connectivity index (χ1v) is 14.0. The minimum atomic E-state index is -0.101. The van der Waals surface area contributed by atoms with Gasteiger partial charge in [0, 0.05) is 0 Å². The van der Waals surface area contributed by atoms with Crippen LogP contribution < -0.4 is 0 Å². The Morgan fingerprint density at radius 1 is 0.688 bits per heavy atom. The topological polar surface area (TPSA) is 20.2 Å². The number of allylic oxidation sites excluding steroid dienone is 1. The van der Waals surface area contributed by atoms with Gasteiger partial charge in [-0.3, -0.25) is 0 Å². The van der Waals surface area contributed by atoms with E-state index >= 15 is 0 Å². The summed E-state index contributed by atoms with van der Waals surface area (Å²) in [6, 6.07) is 0. The molecule has 0 aromatic heterocycles. The summed E-state index contributed by atoms with van der Waals surface area (Å²) in [7, 11) is 0. The van der Waals surface area contributed by atoms with E-state index in [1.807, 2.05) is 13.8 Å². The average Bonchev–Trinajstić information content (AvgIpc) is 3.07. The number of aliphatic hydroxyl groups excluding tert-OH is 1. The second kappa shape index (κ2) is 7.86. The van der Waals surface area contributed by atoms with E-state index in [1.165, 1.54) is 69.8 Å². The van der Waals surface area contributed by atoms with Crippen LogP contribution in [0.1, 0.15) is 126 Å². The van der Waals surface area contributed by atoms with E-state index in [9.17, 15) is 5.11 Å². The third kappa shape index (κ3) is 3.33. The lowest BCUT2D eigenvalue weighted by Crippen LogP contribution is -2.66. The first-order chi connectivity index (χ1) is 14.7. The molecule has 1 nitrogen and oxygen atoms in total. The van der Waals surface area contributed by atoms with Gasteiger partial charge in [-0.05, 0) is 129 Å². The summed E-state index contributed by atoms with van der Waals surface area (Å²) < 4.78 is 0. The molecule has 5 rings (SSSR count). The molecule has 5 aliphatic rings. The summed E-state index contributed by atoms with van der Waals surface area (Å²) in [6.07, 6.45) is 15.3. The second-order valence-corrected chi connectivity index (χ2v) is 14.9. The number of hydrogen-bond donors (Lipinski definition) is 1. The van der Waals surface area contributed by atoms with Crippen LogP contribution in [0.5, 0.6) is 0 Å². The smallest absolute Gasteiger partial charge is 0.0594 e. The second-order valence-electron chi connectivity index (χ2n) is 14.9. The lowest BCUT2D eigenvalue weighted by atomic mass is 9.32. The fraction of sp³-hybridized carbons (Fsp3) is 0.935. The van der Waals surface area contributed by atoms with Crippen molar-refractivity contribution in [1.82, 2.24) is 0 Å². The van der Waals surface area contributed by atoms with Gasteiger partial charge < -0.3 is 5.11 Å². The number of hydrogen-bond acceptors (Lipinski definition) is 1. The van der Waals surface area contributed by atoms with Crippen molar-refractivity contribution in [1.29, 1.82) is 0 Å². The van der Waals surface area contributed by atoms with Gasteiger partial charge in [0.2, 0.25) is 0 Å². The Balaban J connectivity index is 0.000000567. The van der Waals surface area contributed by atoms with Gasteiger partial charge >= 0.3 is 0 Å². The molecule has 0 radical (unpaired) electrons. The first kappa shape index (κ1) is 24.8. The van der Waals surface area contributed by atoms with E-state index in [0.29, 0.717) is 27.6 Å². The van der Waals surface area contributed by atoms with Crippen LogP contribution in [0.25, 0.3) is 0 Å². The molecule has 0 aromatic carbocycles. The molecular weight excluding hydrogens is 388 g/mol. The van der Waals surface area contributed by atoms with Crippen LogP contribution in [-0.2, 0) is 0 Å². The molecule has 0 saturated heterocycles. The largest absolute Gasteiger partial charge is 0.393 e. The normalized spacial score (nSPS) is 53.6. The molecule has 32 heavy (non-hydrogen) atoms. The Labute approximate surface area is 200 Å². The van der Waals surface area contributed by atoms with Crippen molar-refractivity contribution in [2.24, 2.45) is 50.7 Å². The van der Waals surface area contributed by atoms with E-state index in [0.717, 1.165) is 24.2 Å². The van der Waals surface area contributed by atoms with E-state index in [1.54, 1.807) is 0 Å². The van der Waals surface area contributed by atoms with Crippen LogP contribution in [0, 0.1) is 50.7 Å². The van der Waals surface area contributed by atoms with E-state index in [4.69, 9.17) is 0 Å². The molecule has 5 saturated carbocycles. The molecule has 8 unspecified atom stereocenters. The van der Waals surface area contributed by atoms with Crippen molar-refractivity contribution in [3.63, 3.8) is 0 Å². The van der Waals surface area contributed by atoms with Crippen molar-refractivity contribution in [2.45, 2.75) is 132 Å². The van der Waals surface area contributed by atoms with Gasteiger partial charge in [0.15, 0.2) is 0 Å². The van der Waals surface area contributed by atoms with Crippen LogP contribution in [0.2, 0.25) is 0 Å². The van der Waals surface area contributed by atoms with Gasteiger partial charge in [-0.15, -0.1) is 6.58 Å². The summed E-state index contributed by atoms with van der Waals surface area (Å²) in [5.41, 5.74) is 3.39. The number of rotatable bonds is 0.